The molecule has 0 aliphatic carbocycles. The van der Waals surface area contributed by atoms with Crippen LogP contribution in [0.3, 0.4) is 0 Å². The van der Waals surface area contributed by atoms with Crippen LogP contribution >= 0.6 is 0 Å². The SMILES string of the molecule is COc1ccc(S(=O)(=O)N(Cc2ccccc2)c2ccccc2C(=O)NCc2cccc(CN3CCCCC3)c2)cc1. The molecule has 0 unspecified atom stereocenters. The summed E-state index contributed by atoms with van der Waals surface area (Å²) in [5, 5.41) is 3.02. The van der Waals surface area contributed by atoms with E-state index in [1.54, 1.807) is 36.4 Å². The number of rotatable bonds is 11. The third-order valence-corrected chi connectivity index (χ3v) is 9.31. The zero-order valence-corrected chi connectivity index (χ0v) is 24.7. The number of anilines is 1. The van der Waals surface area contributed by atoms with Gasteiger partial charge in [-0.3, -0.25) is 14.0 Å². The molecule has 1 amide bonds. The highest BCUT2D eigenvalue weighted by Gasteiger charge is 2.28. The monoisotopic (exact) mass is 583 g/mol. The van der Waals surface area contributed by atoms with Gasteiger partial charge in [-0.15, -0.1) is 0 Å². The Morgan fingerprint density at radius 3 is 2.21 bits per heavy atom. The van der Waals surface area contributed by atoms with Crippen molar-refractivity contribution < 1.29 is 17.9 Å². The fraction of sp³-hybridized carbons (Fsp3) is 0.265. The summed E-state index contributed by atoms with van der Waals surface area (Å²) in [6.45, 7) is 3.55. The van der Waals surface area contributed by atoms with Crippen LogP contribution < -0.4 is 14.4 Å². The number of ether oxygens (including phenoxy) is 1. The smallest absolute Gasteiger partial charge is 0.264 e. The summed E-state index contributed by atoms with van der Waals surface area (Å²) in [5.74, 6) is 0.221. The molecule has 1 aliphatic rings. The van der Waals surface area contributed by atoms with E-state index < -0.39 is 10.0 Å². The molecule has 42 heavy (non-hydrogen) atoms. The van der Waals surface area contributed by atoms with E-state index in [4.69, 9.17) is 4.74 Å². The van der Waals surface area contributed by atoms with Crippen molar-refractivity contribution in [1.29, 1.82) is 0 Å². The van der Waals surface area contributed by atoms with Gasteiger partial charge < -0.3 is 10.1 Å². The van der Waals surface area contributed by atoms with E-state index in [0.29, 0.717) is 18.0 Å². The van der Waals surface area contributed by atoms with Crippen molar-refractivity contribution in [3.8, 4) is 5.75 Å². The van der Waals surface area contributed by atoms with Crippen molar-refractivity contribution in [1.82, 2.24) is 10.2 Å². The lowest BCUT2D eigenvalue weighted by atomic mass is 10.1. The molecule has 1 heterocycles. The number of likely N-dealkylation sites (tertiary alicyclic amines) is 1. The third kappa shape index (κ3) is 7.19. The number of hydrogen-bond acceptors (Lipinski definition) is 5. The Morgan fingerprint density at radius 2 is 1.48 bits per heavy atom. The van der Waals surface area contributed by atoms with Gasteiger partial charge in [0.05, 0.1) is 29.8 Å². The van der Waals surface area contributed by atoms with Crippen LogP contribution in [-0.4, -0.2) is 39.4 Å². The molecule has 4 aromatic rings. The van der Waals surface area contributed by atoms with Crippen LogP contribution in [0.1, 0.15) is 46.3 Å². The second-order valence-electron chi connectivity index (χ2n) is 10.5. The molecule has 4 aromatic carbocycles. The Labute approximate surface area is 248 Å². The van der Waals surface area contributed by atoms with E-state index in [2.05, 4.69) is 22.3 Å². The lowest BCUT2D eigenvalue weighted by Crippen LogP contribution is -2.33. The molecular weight excluding hydrogens is 546 g/mol. The fourth-order valence-corrected chi connectivity index (χ4v) is 6.77. The second-order valence-corrected chi connectivity index (χ2v) is 12.4. The highest BCUT2D eigenvalue weighted by atomic mass is 32.2. The van der Waals surface area contributed by atoms with Crippen molar-refractivity contribution in [3.05, 3.63) is 125 Å². The van der Waals surface area contributed by atoms with Crippen LogP contribution in [0, 0.1) is 0 Å². The predicted octanol–water partition coefficient (Wildman–Crippen LogP) is 6.01. The first-order chi connectivity index (χ1) is 20.4. The zero-order chi connectivity index (χ0) is 29.4. The quantitative estimate of drug-likeness (QED) is 0.234. The molecule has 0 atom stereocenters. The predicted molar refractivity (Wildman–Crippen MR) is 166 cm³/mol. The lowest BCUT2D eigenvalue weighted by molar-refractivity contribution is 0.0951. The van der Waals surface area contributed by atoms with E-state index in [1.165, 1.54) is 48.4 Å². The minimum absolute atomic E-state index is 0.0675. The maximum absolute atomic E-state index is 14.0. The Hall–Kier alpha value is -4.14. The van der Waals surface area contributed by atoms with Gasteiger partial charge in [-0.1, -0.05) is 73.2 Å². The third-order valence-electron chi connectivity index (χ3n) is 7.53. The number of amides is 1. The summed E-state index contributed by atoms with van der Waals surface area (Å²) in [6, 6.07) is 30.8. The maximum Gasteiger partial charge on any atom is 0.264 e. The minimum atomic E-state index is -4.03. The fourth-order valence-electron chi connectivity index (χ4n) is 5.30. The number of sulfonamides is 1. The summed E-state index contributed by atoms with van der Waals surface area (Å²) < 4.78 is 34.6. The Balaban J connectivity index is 1.39. The number of hydrogen-bond donors (Lipinski definition) is 1. The number of para-hydroxylation sites is 1. The van der Waals surface area contributed by atoms with Crippen LogP contribution in [0.25, 0.3) is 0 Å². The van der Waals surface area contributed by atoms with Crippen molar-refractivity contribution >= 4 is 21.6 Å². The van der Waals surface area contributed by atoms with Gasteiger partial charge in [-0.2, -0.15) is 0 Å². The molecule has 8 heteroatoms. The molecule has 1 saturated heterocycles. The number of methoxy groups -OCH3 is 1. The van der Waals surface area contributed by atoms with E-state index >= 15 is 0 Å². The van der Waals surface area contributed by atoms with Crippen molar-refractivity contribution in [2.24, 2.45) is 0 Å². The first-order valence-electron chi connectivity index (χ1n) is 14.3. The van der Waals surface area contributed by atoms with Gasteiger partial charge in [0.1, 0.15) is 5.75 Å². The number of piperidine rings is 1. The molecule has 0 spiro atoms. The van der Waals surface area contributed by atoms with E-state index in [9.17, 15) is 13.2 Å². The molecule has 1 aliphatic heterocycles. The average molecular weight is 584 g/mol. The Kier molecular flexibility index (Phi) is 9.56. The summed E-state index contributed by atoms with van der Waals surface area (Å²) in [6.07, 6.45) is 3.78. The number of nitrogens with zero attached hydrogens (tertiary/aromatic N) is 2. The zero-order valence-electron chi connectivity index (χ0n) is 23.9. The molecule has 0 saturated carbocycles. The average Bonchev–Trinajstić information content (AvgIpc) is 3.03. The van der Waals surface area contributed by atoms with Gasteiger partial charge in [0.15, 0.2) is 0 Å². The van der Waals surface area contributed by atoms with Crippen molar-refractivity contribution in [2.75, 3.05) is 24.5 Å². The summed E-state index contributed by atoms with van der Waals surface area (Å²) in [5.41, 5.74) is 3.63. The van der Waals surface area contributed by atoms with Crippen LogP contribution in [0.2, 0.25) is 0 Å². The molecule has 218 valence electrons. The molecule has 7 nitrogen and oxygen atoms in total. The Bertz CT molecular complexity index is 1580. The largest absolute Gasteiger partial charge is 0.497 e. The lowest BCUT2D eigenvalue weighted by Gasteiger charge is -2.27. The standard InChI is InChI=1S/C34H37N3O4S/c1-41-30-17-19-31(20-18-30)42(39,40)37(26-27-11-4-2-5-12-27)33-16-7-6-15-32(33)34(38)35-24-28-13-10-14-29(23-28)25-36-21-8-3-9-22-36/h2,4-7,10-20,23H,3,8-9,21-22,24-26H2,1H3,(H,35,38). The maximum atomic E-state index is 14.0. The minimum Gasteiger partial charge on any atom is -0.497 e. The molecular formula is C34H37N3O4S. The van der Waals surface area contributed by atoms with Gasteiger partial charge in [-0.25, -0.2) is 8.42 Å². The number of nitrogens with one attached hydrogen (secondary N) is 1. The van der Waals surface area contributed by atoms with E-state index in [-0.39, 0.29) is 22.9 Å². The molecule has 1 fully saturated rings. The van der Waals surface area contributed by atoms with Crippen LogP contribution in [-0.2, 0) is 29.7 Å². The first kappa shape index (κ1) is 29.4. The van der Waals surface area contributed by atoms with Crippen LogP contribution in [0.4, 0.5) is 5.69 Å². The highest BCUT2D eigenvalue weighted by Crippen LogP contribution is 2.30. The van der Waals surface area contributed by atoms with Crippen LogP contribution in [0.5, 0.6) is 5.75 Å². The van der Waals surface area contributed by atoms with Gasteiger partial charge in [0.25, 0.3) is 15.9 Å². The van der Waals surface area contributed by atoms with Gasteiger partial charge in [-0.05, 0) is 79.0 Å². The Morgan fingerprint density at radius 1 is 0.810 bits per heavy atom. The van der Waals surface area contributed by atoms with E-state index in [1.807, 2.05) is 42.5 Å². The van der Waals surface area contributed by atoms with Crippen molar-refractivity contribution in [2.45, 2.75) is 43.8 Å². The van der Waals surface area contributed by atoms with Gasteiger partial charge in [0, 0.05) is 13.1 Å². The topological polar surface area (TPSA) is 79.0 Å². The molecule has 5 rings (SSSR count). The summed E-state index contributed by atoms with van der Waals surface area (Å²) in [7, 11) is -2.49. The normalized spacial score (nSPS) is 13.8. The summed E-state index contributed by atoms with van der Waals surface area (Å²) in [4.78, 5) is 16.2. The molecule has 0 aromatic heterocycles. The molecule has 1 N–H and O–H groups in total. The number of carbonyl (C=O) groups is 1. The van der Waals surface area contributed by atoms with Gasteiger partial charge in [0.2, 0.25) is 0 Å². The van der Waals surface area contributed by atoms with E-state index in [0.717, 1.165) is 30.8 Å². The highest BCUT2D eigenvalue weighted by molar-refractivity contribution is 7.92. The first-order valence-corrected chi connectivity index (χ1v) is 15.8. The molecule has 0 bridgehead atoms. The van der Waals surface area contributed by atoms with Crippen LogP contribution in [0.15, 0.2) is 108 Å². The number of benzene rings is 4. The second kappa shape index (κ2) is 13.7. The number of carbonyl (C=O) groups excluding carboxylic acids is 1. The molecule has 0 radical (unpaired) electrons. The van der Waals surface area contributed by atoms with Crippen molar-refractivity contribution in [3.63, 3.8) is 0 Å². The summed E-state index contributed by atoms with van der Waals surface area (Å²) >= 11 is 0. The van der Waals surface area contributed by atoms with Gasteiger partial charge >= 0.3 is 0 Å².